The summed E-state index contributed by atoms with van der Waals surface area (Å²) in [5.74, 6) is -0.140. The van der Waals surface area contributed by atoms with E-state index in [1.165, 1.54) is 6.07 Å². The Kier molecular flexibility index (Phi) is 4.49. The molecule has 0 saturated heterocycles. The number of H-pyrrole nitrogens is 1. The maximum atomic E-state index is 13.9. The number of aromatic nitrogens is 1. The number of nitrogens with one attached hydrogen (secondary N) is 2. The van der Waals surface area contributed by atoms with Gasteiger partial charge in [-0.2, -0.15) is 0 Å². The molecule has 1 heterocycles. The highest BCUT2D eigenvalue weighted by Gasteiger charge is 2.27. The number of Topliss-reactive ketones (excluding diaryl/α,β-unsaturated/α-hetero) is 1. The van der Waals surface area contributed by atoms with Gasteiger partial charge in [-0.25, -0.2) is 4.39 Å². The van der Waals surface area contributed by atoms with E-state index in [0.29, 0.717) is 12.1 Å². The van der Waals surface area contributed by atoms with Crippen LogP contribution in [0.15, 0.2) is 48.5 Å². The third kappa shape index (κ3) is 2.97. The van der Waals surface area contributed by atoms with Crippen molar-refractivity contribution in [2.45, 2.75) is 26.4 Å². The molecule has 1 unspecified atom stereocenters. The first-order valence-corrected chi connectivity index (χ1v) is 8.16. The molecule has 1 aromatic heterocycles. The number of para-hydroxylation sites is 1. The van der Waals surface area contributed by atoms with Crippen LogP contribution in [0.2, 0.25) is 0 Å². The molecule has 0 aliphatic heterocycles. The van der Waals surface area contributed by atoms with Gasteiger partial charge in [-0.3, -0.25) is 4.79 Å². The summed E-state index contributed by atoms with van der Waals surface area (Å²) < 4.78 is 13.9. The minimum atomic E-state index is -0.262. The predicted octanol–water partition coefficient (Wildman–Crippen LogP) is 2.90. The van der Waals surface area contributed by atoms with Crippen LogP contribution in [-0.2, 0) is 6.54 Å². The topological polar surface area (TPSA) is 37.3 Å². The second kappa shape index (κ2) is 6.57. The van der Waals surface area contributed by atoms with Gasteiger partial charge in [0.2, 0.25) is 5.78 Å². The lowest BCUT2D eigenvalue weighted by Gasteiger charge is -2.21. The number of rotatable bonds is 5. The molecule has 0 bridgehead atoms. The highest BCUT2D eigenvalue weighted by Crippen LogP contribution is 2.22. The van der Waals surface area contributed by atoms with Gasteiger partial charge in [0.1, 0.15) is 18.4 Å². The highest BCUT2D eigenvalue weighted by atomic mass is 19.1. The van der Waals surface area contributed by atoms with E-state index >= 15 is 0 Å². The van der Waals surface area contributed by atoms with Gasteiger partial charge in [-0.1, -0.05) is 36.4 Å². The van der Waals surface area contributed by atoms with Crippen molar-refractivity contribution in [3.05, 3.63) is 71.2 Å². The normalized spacial score (nSPS) is 13.8. The quantitative estimate of drug-likeness (QED) is 0.696. The van der Waals surface area contributed by atoms with Gasteiger partial charge < -0.3 is 9.88 Å². The summed E-state index contributed by atoms with van der Waals surface area (Å²) >= 11 is 0. The van der Waals surface area contributed by atoms with Gasteiger partial charge in [-0.05, 0) is 26.0 Å². The molecule has 0 aliphatic rings. The van der Waals surface area contributed by atoms with Gasteiger partial charge >= 0.3 is 0 Å². The van der Waals surface area contributed by atoms with Gasteiger partial charge in [0.05, 0.1) is 12.6 Å². The maximum absolute atomic E-state index is 13.9. The minimum absolute atomic E-state index is 0.0822. The molecule has 0 amide bonds. The van der Waals surface area contributed by atoms with Gasteiger partial charge in [0.25, 0.3) is 0 Å². The zero-order chi connectivity index (χ0) is 17.3. The zero-order valence-electron chi connectivity index (χ0n) is 14.2. The Balaban J connectivity index is 1.86. The van der Waals surface area contributed by atoms with Crippen LogP contribution >= 0.6 is 0 Å². The van der Waals surface area contributed by atoms with E-state index in [0.717, 1.165) is 27.1 Å². The molecule has 0 aliphatic carbocycles. The van der Waals surface area contributed by atoms with Crippen molar-refractivity contribution >= 4 is 16.7 Å². The fraction of sp³-hybridized carbons (Fsp3) is 0.250. The van der Waals surface area contributed by atoms with Crippen molar-refractivity contribution in [1.29, 1.82) is 0 Å². The molecule has 2 aromatic carbocycles. The number of ketones is 1. The largest absolute Gasteiger partial charge is 0.358 e. The van der Waals surface area contributed by atoms with Crippen LogP contribution in [0.4, 0.5) is 4.39 Å². The van der Waals surface area contributed by atoms with Crippen LogP contribution in [0, 0.1) is 12.7 Å². The molecule has 3 nitrogen and oxygen atoms in total. The summed E-state index contributed by atoms with van der Waals surface area (Å²) in [6.07, 6.45) is 0. The van der Waals surface area contributed by atoms with Crippen LogP contribution in [0.5, 0.6) is 0 Å². The molecule has 24 heavy (non-hydrogen) atoms. The molecule has 0 fully saturated rings. The first kappa shape index (κ1) is 16.4. The Morgan fingerprint density at radius 1 is 1.17 bits per heavy atom. The lowest BCUT2D eigenvalue weighted by Crippen LogP contribution is -3.12. The predicted molar refractivity (Wildman–Crippen MR) is 93.8 cm³/mol. The Labute approximate surface area is 141 Å². The van der Waals surface area contributed by atoms with E-state index in [4.69, 9.17) is 0 Å². The highest BCUT2D eigenvalue weighted by molar-refractivity contribution is 6.10. The lowest BCUT2D eigenvalue weighted by molar-refractivity contribution is -0.907. The number of aryl methyl sites for hydroxylation is 1. The van der Waals surface area contributed by atoms with Crippen molar-refractivity contribution in [3.8, 4) is 0 Å². The second-order valence-corrected chi connectivity index (χ2v) is 6.37. The number of hydrogen-bond donors (Lipinski definition) is 2. The third-order valence-electron chi connectivity index (χ3n) is 4.70. The Morgan fingerprint density at radius 3 is 2.58 bits per heavy atom. The summed E-state index contributed by atoms with van der Waals surface area (Å²) in [7, 11) is 1.93. The summed E-state index contributed by atoms with van der Waals surface area (Å²) in [4.78, 5) is 17.3. The molecule has 0 saturated carbocycles. The number of quaternary nitrogens is 1. The molecule has 3 aromatic rings. The average molecular weight is 325 g/mol. The summed E-state index contributed by atoms with van der Waals surface area (Å²) in [5, 5.41) is 0.950. The Bertz CT molecular complexity index is 884. The van der Waals surface area contributed by atoms with Crippen LogP contribution in [0.3, 0.4) is 0 Å². The number of carbonyl (C=O) groups excluding carboxylic acids is 1. The Hall–Kier alpha value is -2.46. The monoisotopic (exact) mass is 325 g/mol. The van der Waals surface area contributed by atoms with Crippen LogP contribution in [0.1, 0.15) is 28.5 Å². The molecule has 2 atom stereocenters. The second-order valence-electron chi connectivity index (χ2n) is 6.37. The molecular formula is C20H22FN2O+. The Morgan fingerprint density at radius 2 is 1.83 bits per heavy atom. The molecule has 2 N–H and O–H groups in total. The number of hydrogen-bond acceptors (Lipinski definition) is 1. The molecule has 124 valence electrons. The number of halogens is 1. The molecular weight excluding hydrogens is 303 g/mol. The van der Waals surface area contributed by atoms with Crippen molar-refractivity contribution in [2.24, 2.45) is 0 Å². The number of likely N-dealkylation sites (N-methyl/N-ethyl adjacent to an activating group) is 1. The van der Waals surface area contributed by atoms with E-state index in [1.807, 2.05) is 51.2 Å². The first-order chi connectivity index (χ1) is 11.5. The summed E-state index contributed by atoms with van der Waals surface area (Å²) in [6, 6.07) is 14.3. The first-order valence-electron chi connectivity index (χ1n) is 8.16. The van der Waals surface area contributed by atoms with E-state index in [-0.39, 0.29) is 17.6 Å². The number of carbonyl (C=O) groups is 1. The smallest absolute Gasteiger partial charge is 0.222 e. The zero-order valence-corrected chi connectivity index (χ0v) is 14.2. The van der Waals surface area contributed by atoms with Gasteiger partial charge in [0.15, 0.2) is 0 Å². The number of aromatic amines is 1. The SMILES string of the molecule is Cc1[nH]c2ccccc2c1C(=O)[C@@H](C)[NH+](C)Cc1ccccc1F. The molecule has 3 rings (SSSR count). The standard InChI is InChI=1S/C20H21FN2O/c1-13-19(16-9-5-7-11-18(16)22-13)20(24)14(2)23(3)12-15-8-4-6-10-17(15)21/h4-11,14,22H,12H2,1-3H3/p+1/t14-/m1/s1. The number of fused-ring (bicyclic) bond motifs is 1. The van der Waals surface area contributed by atoms with Crippen LogP contribution in [-0.4, -0.2) is 23.9 Å². The lowest BCUT2D eigenvalue weighted by atomic mass is 10.0. The number of benzene rings is 2. The summed E-state index contributed by atoms with van der Waals surface area (Å²) in [6.45, 7) is 4.30. The van der Waals surface area contributed by atoms with Crippen molar-refractivity contribution < 1.29 is 14.1 Å². The van der Waals surface area contributed by atoms with Crippen molar-refractivity contribution in [1.82, 2.24) is 4.98 Å². The fourth-order valence-corrected chi connectivity index (χ4v) is 3.13. The molecule has 0 radical (unpaired) electrons. The van der Waals surface area contributed by atoms with Crippen LogP contribution < -0.4 is 4.90 Å². The van der Waals surface area contributed by atoms with E-state index in [9.17, 15) is 9.18 Å². The van der Waals surface area contributed by atoms with E-state index in [2.05, 4.69) is 4.98 Å². The maximum Gasteiger partial charge on any atom is 0.222 e. The molecule has 0 spiro atoms. The van der Waals surface area contributed by atoms with E-state index < -0.39 is 0 Å². The van der Waals surface area contributed by atoms with Crippen molar-refractivity contribution in [2.75, 3.05) is 7.05 Å². The van der Waals surface area contributed by atoms with Crippen molar-refractivity contribution in [3.63, 3.8) is 0 Å². The van der Waals surface area contributed by atoms with Crippen LogP contribution in [0.25, 0.3) is 10.9 Å². The molecule has 4 heteroatoms. The minimum Gasteiger partial charge on any atom is -0.358 e. The third-order valence-corrected chi connectivity index (χ3v) is 4.70. The summed E-state index contributed by atoms with van der Waals surface area (Å²) in [5.41, 5.74) is 3.22. The average Bonchev–Trinajstić information content (AvgIpc) is 2.91. The van der Waals surface area contributed by atoms with Gasteiger partial charge in [0, 0.05) is 22.2 Å². The van der Waals surface area contributed by atoms with E-state index in [1.54, 1.807) is 12.1 Å². The van der Waals surface area contributed by atoms with Gasteiger partial charge in [-0.15, -0.1) is 0 Å². The fourth-order valence-electron chi connectivity index (χ4n) is 3.13.